The third-order valence-electron chi connectivity index (χ3n) is 5.06. The van der Waals surface area contributed by atoms with Crippen LogP contribution in [0.2, 0.25) is 0 Å². The molecule has 0 radical (unpaired) electrons. The summed E-state index contributed by atoms with van der Waals surface area (Å²) in [6.07, 6.45) is 3.21. The van der Waals surface area contributed by atoms with Gasteiger partial charge in [0.25, 0.3) is 0 Å². The first kappa shape index (κ1) is 18.5. The fourth-order valence-electron chi connectivity index (χ4n) is 3.52. The number of hydrogen-bond donors (Lipinski definition) is 0. The molecule has 1 saturated heterocycles. The molecule has 138 valence electrons. The van der Waals surface area contributed by atoms with Crippen molar-refractivity contribution in [1.29, 1.82) is 0 Å². The SMILES string of the molecule is CN(C(=O)OCc1ccccc1)[C@@H](CCN1CCCC1)c1ccccc1. The Hall–Kier alpha value is -2.33. The van der Waals surface area contributed by atoms with Gasteiger partial charge in [0.2, 0.25) is 0 Å². The fraction of sp³-hybridized carbons (Fsp3) is 0.409. The van der Waals surface area contributed by atoms with E-state index in [9.17, 15) is 4.79 Å². The van der Waals surface area contributed by atoms with Crippen molar-refractivity contribution in [1.82, 2.24) is 9.80 Å². The first-order chi connectivity index (χ1) is 12.7. The number of rotatable bonds is 7. The smallest absolute Gasteiger partial charge is 0.410 e. The van der Waals surface area contributed by atoms with E-state index in [1.165, 1.54) is 25.9 Å². The first-order valence-electron chi connectivity index (χ1n) is 9.45. The van der Waals surface area contributed by atoms with Gasteiger partial charge in [-0.15, -0.1) is 0 Å². The minimum Gasteiger partial charge on any atom is -0.445 e. The third-order valence-corrected chi connectivity index (χ3v) is 5.06. The van der Waals surface area contributed by atoms with Gasteiger partial charge in [0, 0.05) is 13.6 Å². The minimum absolute atomic E-state index is 0.0278. The second-order valence-electron chi connectivity index (χ2n) is 6.91. The number of nitrogens with zero attached hydrogens (tertiary/aromatic N) is 2. The van der Waals surface area contributed by atoms with Crippen molar-refractivity contribution in [2.75, 3.05) is 26.7 Å². The molecule has 2 aromatic rings. The molecule has 2 aromatic carbocycles. The topological polar surface area (TPSA) is 32.8 Å². The van der Waals surface area contributed by atoms with E-state index >= 15 is 0 Å². The van der Waals surface area contributed by atoms with Crippen molar-refractivity contribution in [3.05, 3.63) is 71.8 Å². The van der Waals surface area contributed by atoms with E-state index in [0.29, 0.717) is 6.61 Å². The van der Waals surface area contributed by atoms with Crippen molar-refractivity contribution in [3.63, 3.8) is 0 Å². The molecule has 0 bridgehead atoms. The molecule has 1 fully saturated rings. The predicted molar refractivity (Wildman–Crippen MR) is 104 cm³/mol. The second-order valence-corrected chi connectivity index (χ2v) is 6.91. The Kier molecular flexibility index (Phi) is 6.67. The van der Waals surface area contributed by atoms with Crippen LogP contribution in [0.1, 0.15) is 36.4 Å². The number of likely N-dealkylation sites (tertiary alicyclic amines) is 1. The summed E-state index contributed by atoms with van der Waals surface area (Å²) in [5.41, 5.74) is 2.16. The average Bonchev–Trinajstić information content (AvgIpc) is 3.21. The summed E-state index contributed by atoms with van der Waals surface area (Å²) in [6, 6.07) is 20.1. The Balaban J connectivity index is 1.63. The van der Waals surface area contributed by atoms with Gasteiger partial charge in [-0.2, -0.15) is 0 Å². The zero-order chi connectivity index (χ0) is 18.2. The third kappa shape index (κ3) is 5.09. The van der Waals surface area contributed by atoms with Crippen molar-refractivity contribution >= 4 is 6.09 Å². The lowest BCUT2D eigenvalue weighted by atomic mass is 10.0. The molecule has 1 amide bonds. The van der Waals surface area contributed by atoms with Crippen molar-refractivity contribution in [2.24, 2.45) is 0 Å². The summed E-state index contributed by atoms with van der Waals surface area (Å²) < 4.78 is 5.54. The molecule has 0 spiro atoms. The van der Waals surface area contributed by atoms with E-state index in [1.54, 1.807) is 4.90 Å². The van der Waals surface area contributed by atoms with Crippen LogP contribution in [0.25, 0.3) is 0 Å². The fourth-order valence-corrected chi connectivity index (χ4v) is 3.52. The number of amides is 1. The summed E-state index contributed by atoms with van der Waals surface area (Å²) in [5.74, 6) is 0. The zero-order valence-electron chi connectivity index (χ0n) is 15.5. The van der Waals surface area contributed by atoms with Gasteiger partial charge in [-0.3, -0.25) is 0 Å². The maximum atomic E-state index is 12.6. The van der Waals surface area contributed by atoms with Crippen molar-refractivity contribution in [3.8, 4) is 0 Å². The molecule has 0 unspecified atom stereocenters. The van der Waals surface area contributed by atoms with Crippen LogP contribution >= 0.6 is 0 Å². The van der Waals surface area contributed by atoms with Gasteiger partial charge in [0.15, 0.2) is 0 Å². The van der Waals surface area contributed by atoms with E-state index < -0.39 is 0 Å². The lowest BCUT2D eigenvalue weighted by Crippen LogP contribution is -2.34. The quantitative estimate of drug-likeness (QED) is 0.736. The summed E-state index contributed by atoms with van der Waals surface area (Å²) in [6.45, 7) is 3.65. The molecule has 4 nitrogen and oxygen atoms in total. The van der Waals surface area contributed by atoms with Crippen LogP contribution in [0.4, 0.5) is 4.79 Å². The van der Waals surface area contributed by atoms with E-state index in [4.69, 9.17) is 4.74 Å². The molecular weight excluding hydrogens is 324 g/mol. The van der Waals surface area contributed by atoms with Gasteiger partial charge < -0.3 is 14.5 Å². The van der Waals surface area contributed by atoms with E-state index in [0.717, 1.165) is 24.1 Å². The Morgan fingerprint density at radius 2 is 1.65 bits per heavy atom. The summed E-state index contributed by atoms with van der Waals surface area (Å²) >= 11 is 0. The summed E-state index contributed by atoms with van der Waals surface area (Å²) in [7, 11) is 1.84. The van der Waals surface area contributed by atoms with Gasteiger partial charge in [-0.1, -0.05) is 60.7 Å². The van der Waals surface area contributed by atoms with Crippen LogP contribution in [-0.4, -0.2) is 42.6 Å². The lowest BCUT2D eigenvalue weighted by molar-refractivity contribution is 0.0871. The zero-order valence-corrected chi connectivity index (χ0v) is 15.5. The molecule has 1 aliphatic rings. The van der Waals surface area contributed by atoms with Crippen LogP contribution in [0.5, 0.6) is 0 Å². The number of carbonyl (C=O) groups excluding carboxylic acids is 1. The molecule has 26 heavy (non-hydrogen) atoms. The molecule has 0 aliphatic carbocycles. The average molecular weight is 352 g/mol. The Bertz CT molecular complexity index is 669. The van der Waals surface area contributed by atoms with Gasteiger partial charge in [0.05, 0.1) is 6.04 Å². The van der Waals surface area contributed by atoms with Crippen molar-refractivity contribution < 1.29 is 9.53 Å². The van der Waals surface area contributed by atoms with E-state index in [1.807, 2.05) is 55.6 Å². The molecule has 3 rings (SSSR count). The van der Waals surface area contributed by atoms with Crippen LogP contribution in [0.3, 0.4) is 0 Å². The molecule has 1 aliphatic heterocycles. The van der Waals surface area contributed by atoms with Gasteiger partial charge in [-0.05, 0) is 43.5 Å². The summed E-state index contributed by atoms with van der Waals surface area (Å²) in [5, 5.41) is 0. The molecular formula is C22H28N2O2. The molecule has 1 heterocycles. The highest BCUT2D eigenvalue weighted by atomic mass is 16.6. The summed E-state index contributed by atoms with van der Waals surface area (Å²) in [4.78, 5) is 16.8. The van der Waals surface area contributed by atoms with Crippen LogP contribution in [0, 0.1) is 0 Å². The van der Waals surface area contributed by atoms with Crippen molar-refractivity contribution in [2.45, 2.75) is 31.9 Å². The molecule has 0 saturated carbocycles. The predicted octanol–water partition coefficient (Wildman–Crippen LogP) is 4.48. The Morgan fingerprint density at radius 1 is 1.04 bits per heavy atom. The maximum absolute atomic E-state index is 12.6. The maximum Gasteiger partial charge on any atom is 0.410 e. The van der Waals surface area contributed by atoms with Gasteiger partial charge in [-0.25, -0.2) is 4.79 Å². The Morgan fingerprint density at radius 3 is 2.31 bits per heavy atom. The number of ether oxygens (including phenoxy) is 1. The Labute approximate surface area is 156 Å². The largest absolute Gasteiger partial charge is 0.445 e. The highest BCUT2D eigenvalue weighted by Crippen LogP contribution is 2.25. The van der Waals surface area contributed by atoms with Crippen LogP contribution < -0.4 is 0 Å². The van der Waals surface area contributed by atoms with E-state index in [2.05, 4.69) is 17.0 Å². The molecule has 0 aromatic heterocycles. The van der Waals surface area contributed by atoms with Gasteiger partial charge >= 0.3 is 6.09 Å². The second kappa shape index (κ2) is 9.39. The van der Waals surface area contributed by atoms with Gasteiger partial charge in [0.1, 0.15) is 6.61 Å². The van der Waals surface area contributed by atoms with E-state index in [-0.39, 0.29) is 12.1 Å². The normalized spacial score (nSPS) is 15.6. The molecule has 1 atom stereocenters. The van der Waals surface area contributed by atoms with Crippen LogP contribution in [-0.2, 0) is 11.3 Å². The highest BCUT2D eigenvalue weighted by molar-refractivity contribution is 5.68. The van der Waals surface area contributed by atoms with Crippen LogP contribution in [0.15, 0.2) is 60.7 Å². The lowest BCUT2D eigenvalue weighted by Gasteiger charge is -2.29. The number of carbonyl (C=O) groups is 1. The first-order valence-corrected chi connectivity index (χ1v) is 9.45. The molecule has 4 heteroatoms. The minimum atomic E-state index is -0.274. The number of hydrogen-bond acceptors (Lipinski definition) is 3. The standard InChI is InChI=1S/C22H28N2O2/c1-23(22(25)26-18-19-10-4-2-5-11-19)21(20-12-6-3-7-13-20)14-17-24-15-8-9-16-24/h2-7,10-13,21H,8-9,14-18H2,1H3/t21-/m0/s1. The molecule has 0 N–H and O–H groups in total. The number of benzene rings is 2. The monoisotopic (exact) mass is 352 g/mol. The highest BCUT2D eigenvalue weighted by Gasteiger charge is 2.24.